The molecule has 0 heterocycles. The molecule has 0 N–H and O–H groups in total. The zero-order valence-electron chi connectivity index (χ0n) is 21.1. The Morgan fingerprint density at radius 2 is 1.12 bits per heavy atom. The van der Waals surface area contributed by atoms with Gasteiger partial charge >= 0.3 is 11.9 Å². The zero-order valence-corrected chi connectivity index (χ0v) is 21.1. The highest BCUT2D eigenvalue weighted by atomic mass is 16.5. The molecule has 0 spiro atoms. The van der Waals surface area contributed by atoms with E-state index in [1.165, 1.54) is 89.9 Å². The maximum absolute atomic E-state index is 12.2. The topological polar surface area (TPSA) is 52.6 Å². The van der Waals surface area contributed by atoms with E-state index in [-0.39, 0.29) is 24.0 Å². The Morgan fingerprint density at radius 1 is 0.588 bits per heavy atom. The fourth-order valence-electron chi connectivity index (χ4n) is 6.87. The zero-order chi connectivity index (χ0) is 23.6. The Bertz CT molecular complexity index is 683. The molecule has 0 saturated heterocycles. The van der Waals surface area contributed by atoms with Gasteiger partial charge in [0.25, 0.3) is 0 Å². The first-order valence-corrected chi connectivity index (χ1v) is 14.4. The summed E-state index contributed by atoms with van der Waals surface area (Å²) in [6.45, 7) is 0. The van der Waals surface area contributed by atoms with Crippen LogP contribution in [0.2, 0.25) is 0 Å². The molecular formula is C30H46O4. The normalized spacial score (nSPS) is 32.1. The average Bonchev–Trinajstić information content (AvgIpc) is 2.89. The number of hydrogen-bond acceptors (Lipinski definition) is 4. The average molecular weight is 471 g/mol. The van der Waals surface area contributed by atoms with Crippen LogP contribution in [-0.4, -0.2) is 18.0 Å². The lowest BCUT2D eigenvalue weighted by Crippen LogP contribution is -2.25. The van der Waals surface area contributed by atoms with Gasteiger partial charge in [0.15, 0.2) is 0 Å². The lowest BCUT2D eigenvalue weighted by Gasteiger charge is -2.36. The SMILES string of the molecule is O=C(C=CC1CCC(C2CCC(C=COC(=O)C3CCCCC3)CC2)CC1)OC1CCCCC1. The van der Waals surface area contributed by atoms with Crippen molar-refractivity contribution in [1.82, 2.24) is 0 Å². The molecule has 4 saturated carbocycles. The van der Waals surface area contributed by atoms with E-state index in [2.05, 4.69) is 12.2 Å². The standard InChI is InChI=1S/C30H46O4/c31-29(34-28-9-5-2-6-10-28)20-15-23-11-16-25(17-12-23)26-18-13-24(14-19-26)21-22-33-30(32)27-7-3-1-4-8-27/h15,20-28H,1-14,16-19H2. The molecule has 0 bridgehead atoms. The molecule has 0 aliphatic heterocycles. The summed E-state index contributed by atoms with van der Waals surface area (Å²) < 4.78 is 11.1. The summed E-state index contributed by atoms with van der Waals surface area (Å²) in [5, 5.41) is 0. The molecule has 4 fully saturated rings. The van der Waals surface area contributed by atoms with Crippen LogP contribution >= 0.6 is 0 Å². The minimum Gasteiger partial charge on any atom is -0.459 e. The summed E-state index contributed by atoms with van der Waals surface area (Å²) in [5.41, 5.74) is 0. The molecule has 0 unspecified atom stereocenters. The van der Waals surface area contributed by atoms with Crippen molar-refractivity contribution in [3.05, 3.63) is 24.5 Å². The van der Waals surface area contributed by atoms with Gasteiger partial charge in [-0.1, -0.05) is 31.8 Å². The van der Waals surface area contributed by atoms with E-state index in [9.17, 15) is 9.59 Å². The highest BCUT2D eigenvalue weighted by Gasteiger charge is 2.30. The molecule has 0 aromatic heterocycles. The number of allylic oxidation sites excluding steroid dienone is 2. The fourth-order valence-corrected chi connectivity index (χ4v) is 6.87. The minimum atomic E-state index is -0.134. The van der Waals surface area contributed by atoms with Gasteiger partial charge in [-0.25, -0.2) is 4.79 Å². The van der Waals surface area contributed by atoms with E-state index in [0.717, 1.165) is 37.5 Å². The molecule has 190 valence electrons. The molecule has 0 atom stereocenters. The van der Waals surface area contributed by atoms with E-state index in [0.29, 0.717) is 11.8 Å². The first-order chi connectivity index (χ1) is 16.7. The molecule has 4 aliphatic rings. The molecule has 4 rings (SSSR count). The highest BCUT2D eigenvalue weighted by Crippen LogP contribution is 2.42. The predicted octanol–water partition coefficient (Wildman–Crippen LogP) is 7.67. The van der Waals surface area contributed by atoms with Crippen molar-refractivity contribution < 1.29 is 19.1 Å². The Kier molecular flexibility index (Phi) is 10.1. The molecule has 34 heavy (non-hydrogen) atoms. The van der Waals surface area contributed by atoms with Crippen LogP contribution in [0.25, 0.3) is 0 Å². The Morgan fingerprint density at radius 3 is 1.71 bits per heavy atom. The van der Waals surface area contributed by atoms with Crippen LogP contribution < -0.4 is 0 Å². The van der Waals surface area contributed by atoms with Crippen molar-refractivity contribution in [3.8, 4) is 0 Å². The summed E-state index contributed by atoms with van der Waals surface area (Å²) in [4.78, 5) is 24.3. The van der Waals surface area contributed by atoms with Crippen molar-refractivity contribution in [2.45, 2.75) is 122 Å². The molecule has 4 heteroatoms. The summed E-state index contributed by atoms with van der Waals surface area (Å²) in [6, 6.07) is 0. The fraction of sp³-hybridized carbons (Fsp3) is 0.800. The predicted molar refractivity (Wildman–Crippen MR) is 135 cm³/mol. The number of ether oxygens (including phenoxy) is 2. The van der Waals surface area contributed by atoms with Gasteiger partial charge in [0.1, 0.15) is 6.10 Å². The molecule has 4 aliphatic carbocycles. The van der Waals surface area contributed by atoms with Crippen LogP contribution in [0.4, 0.5) is 0 Å². The second-order valence-corrected chi connectivity index (χ2v) is 11.5. The van der Waals surface area contributed by atoms with E-state index in [4.69, 9.17) is 9.47 Å². The second-order valence-electron chi connectivity index (χ2n) is 11.5. The van der Waals surface area contributed by atoms with Crippen LogP contribution in [0.1, 0.15) is 116 Å². The van der Waals surface area contributed by atoms with Crippen molar-refractivity contribution >= 4 is 11.9 Å². The number of carbonyl (C=O) groups is 2. The second kappa shape index (κ2) is 13.5. The van der Waals surface area contributed by atoms with Crippen LogP contribution in [0.15, 0.2) is 24.5 Å². The Hall–Kier alpha value is -1.58. The maximum Gasteiger partial charge on any atom is 0.330 e. The largest absolute Gasteiger partial charge is 0.459 e. The molecule has 0 aromatic rings. The van der Waals surface area contributed by atoms with Crippen molar-refractivity contribution in [3.63, 3.8) is 0 Å². The molecular weight excluding hydrogens is 424 g/mol. The number of carbonyl (C=O) groups excluding carboxylic acids is 2. The summed E-state index contributed by atoms with van der Waals surface area (Å²) in [7, 11) is 0. The van der Waals surface area contributed by atoms with E-state index >= 15 is 0 Å². The monoisotopic (exact) mass is 470 g/mol. The third-order valence-corrected chi connectivity index (χ3v) is 9.11. The molecule has 0 radical (unpaired) electrons. The Labute approximate surface area is 206 Å². The molecule has 4 nitrogen and oxygen atoms in total. The van der Waals surface area contributed by atoms with Gasteiger partial charge in [-0.15, -0.1) is 0 Å². The van der Waals surface area contributed by atoms with Crippen molar-refractivity contribution in [2.24, 2.45) is 29.6 Å². The third kappa shape index (κ3) is 7.99. The van der Waals surface area contributed by atoms with E-state index in [1.54, 1.807) is 12.3 Å². The number of rotatable bonds is 7. The molecule has 0 aromatic carbocycles. The van der Waals surface area contributed by atoms with Gasteiger partial charge in [0, 0.05) is 6.08 Å². The third-order valence-electron chi connectivity index (χ3n) is 9.11. The van der Waals surface area contributed by atoms with E-state index in [1.807, 2.05) is 0 Å². The van der Waals surface area contributed by atoms with E-state index < -0.39 is 0 Å². The molecule has 0 amide bonds. The van der Waals surface area contributed by atoms with Crippen LogP contribution in [0.5, 0.6) is 0 Å². The first kappa shape index (κ1) is 25.5. The van der Waals surface area contributed by atoms with Crippen LogP contribution in [-0.2, 0) is 19.1 Å². The van der Waals surface area contributed by atoms with Crippen LogP contribution in [0, 0.1) is 29.6 Å². The summed E-state index contributed by atoms with van der Waals surface area (Å²) in [6.07, 6.45) is 29.2. The van der Waals surface area contributed by atoms with Gasteiger partial charge in [-0.05, 0) is 120 Å². The maximum atomic E-state index is 12.2. The Balaban J connectivity index is 1.09. The van der Waals surface area contributed by atoms with Crippen molar-refractivity contribution in [1.29, 1.82) is 0 Å². The smallest absolute Gasteiger partial charge is 0.330 e. The lowest BCUT2D eigenvalue weighted by atomic mass is 9.69. The highest BCUT2D eigenvalue weighted by molar-refractivity contribution is 5.82. The lowest BCUT2D eigenvalue weighted by molar-refractivity contribution is -0.145. The first-order valence-electron chi connectivity index (χ1n) is 14.4. The van der Waals surface area contributed by atoms with Gasteiger partial charge in [-0.2, -0.15) is 0 Å². The number of esters is 2. The van der Waals surface area contributed by atoms with Gasteiger partial charge < -0.3 is 9.47 Å². The quantitative estimate of drug-likeness (QED) is 0.218. The van der Waals surface area contributed by atoms with Crippen LogP contribution in [0.3, 0.4) is 0 Å². The van der Waals surface area contributed by atoms with Gasteiger partial charge in [0.2, 0.25) is 0 Å². The summed E-state index contributed by atoms with van der Waals surface area (Å²) in [5.74, 6) is 2.76. The van der Waals surface area contributed by atoms with Crippen molar-refractivity contribution in [2.75, 3.05) is 0 Å². The minimum absolute atomic E-state index is 0.0160. The summed E-state index contributed by atoms with van der Waals surface area (Å²) >= 11 is 0. The van der Waals surface area contributed by atoms with Gasteiger partial charge in [0.05, 0.1) is 12.2 Å². The van der Waals surface area contributed by atoms with Gasteiger partial charge in [-0.3, -0.25) is 4.79 Å². The number of hydrogen-bond donors (Lipinski definition) is 0.